The van der Waals surface area contributed by atoms with Gasteiger partial charge in [-0.3, -0.25) is 9.59 Å². The largest absolute Gasteiger partial charge is 0.497 e. The van der Waals surface area contributed by atoms with E-state index in [1.54, 1.807) is 37.5 Å². The number of rotatable bonds is 7. The zero-order chi connectivity index (χ0) is 19.9. The van der Waals surface area contributed by atoms with E-state index in [-0.39, 0.29) is 11.8 Å². The van der Waals surface area contributed by atoms with Crippen LogP contribution in [0.4, 0.5) is 0 Å². The molecule has 0 fully saturated rings. The van der Waals surface area contributed by atoms with Crippen LogP contribution < -0.4 is 15.4 Å². The van der Waals surface area contributed by atoms with E-state index in [2.05, 4.69) is 10.6 Å². The summed E-state index contributed by atoms with van der Waals surface area (Å²) in [5.41, 5.74) is 0.534. The average Bonchev–Trinajstić information content (AvgIpc) is 3.05. The lowest BCUT2D eigenvalue weighted by Gasteiger charge is -2.06. The molecule has 0 saturated carbocycles. The van der Waals surface area contributed by atoms with Crippen molar-refractivity contribution >= 4 is 50.9 Å². The van der Waals surface area contributed by atoms with Crippen LogP contribution in [0.5, 0.6) is 5.75 Å². The Hall–Kier alpha value is -2.83. The van der Waals surface area contributed by atoms with Gasteiger partial charge in [0.05, 0.1) is 12.1 Å². The molecule has 0 atom stereocenters. The Kier molecular flexibility index (Phi) is 6.68. The second kappa shape index (κ2) is 9.39. The smallest absolute Gasteiger partial charge is 0.251 e. The molecule has 0 radical (unpaired) electrons. The van der Waals surface area contributed by atoms with Crippen molar-refractivity contribution in [2.75, 3.05) is 20.2 Å². The van der Waals surface area contributed by atoms with Gasteiger partial charge in [-0.05, 0) is 36.4 Å². The van der Waals surface area contributed by atoms with Crippen LogP contribution in [0.2, 0.25) is 5.02 Å². The number of hydrogen-bond donors (Lipinski definition) is 2. The highest BCUT2D eigenvalue weighted by molar-refractivity contribution is 7.20. The third kappa shape index (κ3) is 4.91. The highest BCUT2D eigenvalue weighted by Gasteiger charge is 2.08. The second-order valence-electron chi connectivity index (χ2n) is 5.89. The second-order valence-corrected chi connectivity index (χ2v) is 7.35. The molecule has 0 spiro atoms. The molecule has 1 heterocycles. The van der Waals surface area contributed by atoms with Crippen LogP contribution in [0.3, 0.4) is 0 Å². The van der Waals surface area contributed by atoms with Crippen molar-refractivity contribution in [1.82, 2.24) is 10.6 Å². The number of fused-ring (bicyclic) bond motifs is 1. The molecule has 1 aromatic heterocycles. The molecule has 2 aromatic carbocycles. The number of hydrogen-bond acceptors (Lipinski definition) is 4. The van der Waals surface area contributed by atoms with Gasteiger partial charge in [0, 0.05) is 39.7 Å². The number of halogens is 1. The Morgan fingerprint density at radius 2 is 1.79 bits per heavy atom. The van der Waals surface area contributed by atoms with Crippen molar-refractivity contribution in [3.05, 3.63) is 70.1 Å². The maximum absolute atomic E-state index is 12.0. The van der Waals surface area contributed by atoms with E-state index in [1.165, 1.54) is 17.4 Å². The molecule has 0 bridgehead atoms. The molecule has 0 unspecified atom stereocenters. The normalized spacial score (nSPS) is 10.9. The minimum atomic E-state index is -0.243. The van der Waals surface area contributed by atoms with E-state index in [4.69, 9.17) is 16.3 Å². The lowest BCUT2D eigenvalue weighted by Crippen LogP contribution is -2.33. The number of ether oxygens (including phenoxy) is 1. The van der Waals surface area contributed by atoms with Crippen LogP contribution >= 0.6 is 22.9 Å². The van der Waals surface area contributed by atoms with Crippen molar-refractivity contribution in [3.63, 3.8) is 0 Å². The number of carbonyl (C=O) groups is 2. The highest BCUT2D eigenvalue weighted by Crippen LogP contribution is 2.35. The molecule has 2 N–H and O–H groups in total. The molecule has 2 amide bonds. The van der Waals surface area contributed by atoms with Gasteiger partial charge >= 0.3 is 0 Å². The molecule has 0 aliphatic rings. The van der Waals surface area contributed by atoms with Crippen molar-refractivity contribution < 1.29 is 14.3 Å². The Morgan fingerprint density at radius 3 is 2.50 bits per heavy atom. The van der Waals surface area contributed by atoms with Gasteiger partial charge in [0.1, 0.15) is 5.75 Å². The van der Waals surface area contributed by atoms with Crippen molar-refractivity contribution in [2.24, 2.45) is 0 Å². The van der Waals surface area contributed by atoms with Gasteiger partial charge in [-0.25, -0.2) is 0 Å². The Balaban J connectivity index is 1.45. The van der Waals surface area contributed by atoms with Crippen molar-refractivity contribution in [3.8, 4) is 5.75 Å². The van der Waals surface area contributed by atoms with E-state index in [0.717, 1.165) is 15.0 Å². The van der Waals surface area contributed by atoms with Gasteiger partial charge < -0.3 is 15.4 Å². The maximum atomic E-state index is 12.0. The summed E-state index contributed by atoms with van der Waals surface area (Å²) in [5, 5.41) is 7.12. The van der Waals surface area contributed by atoms with Crippen molar-refractivity contribution in [1.29, 1.82) is 0 Å². The van der Waals surface area contributed by atoms with E-state index in [0.29, 0.717) is 29.4 Å². The van der Waals surface area contributed by atoms with Crippen LogP contribution in [-0.4, -0.2) is 32.0 Å². The lowest BCUT2D eigenvalue weighted by molar-refractivity contribution is -0.116. The van der Waals surface area contributed by atoms with E-state index >= 15 is 0 Å². The van der Waals surface area contributed by atoms with Crippen LogP contribution in [0.1, 0.15) is 15.2 Å². The summed E-state index contributed by atoms with van der Waals surface area (Å²) in [4.78, 5) is 24.8. The standard InChI is InChI=1S/C21H19ClN2O3S/c1-27-15-8-6-14(7-9-15)21(26)24-13-12-23-19(25)11-10-18-20(22)16-4-2-3-5-17(16)28-18/h2-11H,12-13H2,1H3,(H,23,25)(H,24,26). The molecule has 0 aliphatic heterocycles. The summed E-state index contributed by atoms with van der Waals surface area (Å²) in [7, 11) is 1.57. The van der Waals surface area contributed by atoms with Gasteiger partial charge in [-0.15, -0.1) is 11.3 Å². The van der Waals surface area contributed by atoms with E-state index in [1.807, 2.05) is 24.3 Å². The number of amides is 2. The van der Waals surface area contributed by atoms with E-state index < -0.39 is 0 Å². The molecule has 144 valence electrons. The number of methoxy groups -OCH3 is 1. The van der Waals surface area contributed by atoms with Gasteiger partial charge in [0.2, 0.25) is 5.91 Å². The molecule has 7 heteroatoms. The highest BCUT2D eigenvalue weighted by atomic mass is 35.5. The van der Waals surface area contributed by atoms with Crippen LogP contribution in [0.25, 0.3) is 16.2 Å². The van der Waals surface area contributed by atoms with Crippen LogP contribution in [0, 0.1) is 0 Å². The third-order valence-corrected chi connectivity index (χ3v) is 5.66. The number of carbonyl (C=O) groups excluding carboxylic acids is 2. The first-order valence-corrected chi connectivity index (χ1v) is 9.83. The number of benzene rings is 2. The molecule has 0 aliphatic carbocycles. The minimum Gasteiger partial charge on any atom is -0.497 e. The predicted molar refractivity (Wildman–Crippen MR) is 114 cm³/mol. The summed E-state index contributed by atoms with van der Waals surface area (Å²) < 4.78 is 6.14. The minimum absolute atomic E-state index is 0.204. The fraction of sp³-hybridized carbons (Fsp3) is 0.143. The molecular formula is C21H19ClN2O3S. The van der Waals surface area contributed by atoms with Gasteiger partial charge in [-0.2, -0.15) is 0 Å². The monoisotopic (exact) mass is 414 g/mol. The van der Waals surface area contributed by atoms with Gasteiger partial charge in [0.25, 0.3) is 5.91 Å². The lowest BCUT2D eigenvalue weighted by atomic mass is 10.2. The quantitative estimate of drug-likeness (QED) is 0.451. The summed E-state index contributed by atoms with van der Waals surface area (Å²) >= 11 is 7.89. The number of nitrogens with one attached hydrogen (secondary N) is 2. The molecule has 3 rings (SSSR count). The van der Waals surface area contributed by atoms with Gasteiger partial charge in [-0.1, -0.05) is 29.8 Å². The first-order valence-electron chi connectivity index (χ1n) is 8.63. The topological polar surface area (TPSA) is 67.4 Å². The number of thiophene rings is 1. The summed E-state index contributed by atoms with van der Waals surface area (Å²) in [6.07, 6.45) is 3.15. The average molecular weight is 415 g/mol. The summed E-state index contributed by atoms with van der Waals surface area (Å²) in [6.45, 7) is 0.652. The Bertz CT molecular complexity index is 1010. The Morgan fingerprint density at radius 1 is 1.07 bits per heavy atom. The molecule has 5 nitrogen and oxygen atoms in total. The summed E-state index contributed by atoms with van der Waals surface area (Å²) in [5.74, 6) is 0.242. The SMILES string of the molecule is COc1ccc(C(=O)NCCNC(=O)C=Cc2sc3ccccc3c2Cl)cc1. The zero-order valence-corrected chi connectivity index (χ0v) is 16.8. The van der Waals surface area contributed by atoms with E-state index in [9.17, 15) is 9.59 Å². The maximum Gasteiger partial charge on any atom is 0.251 e. The first kappa shape index (κ1) is 19.9. The molecular weight excluding hydrogens is 396 g/mol. The van der Waals surface area contributed by atoms with Gasteiger partial charge in [0.15, 0.2) is 0 Å². The zero-order valence-electron chi connectivity index (χ0n) is 15.2. The molecule has 0 saturated heterocycles. The van der Waals surface area contributed by atoms with Crippen LogP contribution in [0.15, 0.2) is 54.6 Å². The molecule has 28 heavy (non-hydrogen) atoms. The third-order valence-electron chi connectivity index (χ3n) is 4.01. The van der Waals surface area contributed by atoms with Crippen LogP contribution in [-0.2, 0) is 4.79 Å². The van der Waals surface area contributed by atoms with Crippen molar-refractivity contribution in [2.45, 2.75) is 0 Å². The first-order chi connectivity index (χ1) is 13.6. The fourth-order valence-corrected chi connectivity index (χ4v) is 3.96. The Labute approximate surface area is 172 Å². The molecule has 3 aromatic rings. The fourth-order valence-electron chi connectivity index (χ4n) is 2.56. The summed E-state index contributed by atoms with van der Waals surface area (Å²) in [6, 6.07) is 14.7. The predicted octanol–water partition coefficient (Wildman–Crippen LogP) is 4.12.